The molecule has 0 saturated heterocycles. The number of ether oxygens (including phenoxy) is 2. The van der Waals surface area contributed by atoms with Crippen molar-refractivity contribution in [2.45, 2.75) is 13.8 Å². The molecule has 0 atom stereocenters. The summed E-state index contributed by atoms with van der Waals surface area (Å²) in [5.74, 6) is 0.479. The van der Waals surface area contributed by atoms with Gasteiger partial charge in [-0.15, -0.1) is 0 Å². The van der Waals surface area contributed by atoms with Crippen LogP contribution in [-0.4, -0.2) is 19.1 Å². The van der Waals surface area contributed by atoms with Gasteiger partial charge in [0.15, 0.2) is 11.5 Å². The van der Waals surface area contributed by atoms with Crippen LogP contribution in [0.5, 0.6) is 11.5 Å². The minimum Gasteiger partial charge on any atom is -0.490 e. The standard InChI is InChI=1S/C17H18FNO3/c1-3-21-15-10-5-12(11-16(15)22-4-2)17(20)19-14-8-6-13(18)7-9-14/h5-11H,3-4H2,1-2H3,(H,19,20). The van der Waals surface area contributed by atoms with Crippen molar-refractivity contribution in [3.05, 3.63) is 53.8 Å². The number of rotatable bonds is 6. The SMILES string of the molecule is CCOc1ccc(C(=O)Nc2ccc(F)cc2)cc1OCC. The summed E-state index contributed by atoms with van der Waals surface area (Å²) in [7, 11) is 0. The van der Waals surface area contributed by atoms with E-state index in [2.05, 4.69) is 5.32 Å². The average molecular weight is 303 g/mol. The summed E-state index contributed by atoms with van der Waals surface area (Å²) >= 11 is 0. The van der Waals surface area contributed by atoms with Crippen molar-refractivity contribution in [1.29, 1.82) is 0 Å². The summed E-state index contributed by atoms with van der Waals surface area (Å²) in [5, 5.41) is 2.70. The van der Waals surface area contributed by atoms with E-state index in [1.165, 1.54) is 24.3 Å². The summed E-state index contributed by atoms with van der Waals surface area (Å²) in [5.41, 5.74) is 0.967. The van der Waals surface area contributed by atoms with E-state index in [1.54, 1.807) is 18.2 Å². The van der Waals surface area contributed by atoms with Gasteiger partial charge in [0.1, 0.15) is 5.82 Å². The fraction of sp³-hybridized carbons (Fsp3) is 0.235. The van der Waals surface area contributed by atoms with Gasteiger partial charge in [0.25, 0.3) is 5.91 Å². The number of anilines is 1. The molecular formula is C17H18FNO3. The van der Waals surface area contributed by atoms with Gasteiger partial charge in [0.05, 0.1) is 13.2 Å². The molecule has 5 heteroatoms. The van der Waals surface area contributed by atoms with Crippen molar-refractivity contribution in [2.75, 3.05) is 18.5 Å². The Bertz CT molecular complexity index is 641. The van der Waals surface area contributed by atoms with Crippen LogP contribution in [0.3, 0.4) is 0 Å². The molecule has 2 rings (SSSR count). The number of hydrogen-bond acceptors (Lipinski definition) is 3. The molecule has 0 radical (unpaired) electrons. The Morgan fingerprint density at radius 2 is 1.64 bits per heavy atom. The predicted octanol–water partition coefficient (Wildman–Crippen LogP) is 3.88. The molecule has 0 fully saturated rings. The zero-order valence-corrected chi connectivity index (χ0v) is 12.6. The second kappa shape index (κ2) is 7.45. The highest BCUT2D eigenvalue weighted by Crippen LogP contribution is 2.28. The van der Waals surface area contributed by atoms with E-state index >= 15 is 0 Å². The molecule has 2 aromatic carbocycles. The first-order valence-corrected chi connectivity index (χ1v) is 7.10. The summed E-state index contributed by atoms with van der Waals surface area (Å²) < 4.78 is 23.8. The number of benzene rings is 2. The molecule has 0 unspecified atom stereocenters. The molecule has 0 aliphatic heterocycles. The Morgan fingerprint density at radius 3 is 2.27 bits per heavy atom. The Morgan fingerprint density at radius 1 is 1.00 bits per heavy atom. The van der Waals surface area contributed by atoms with Gasteiger partial charge in [-0.2, -0.15) is 0 Å². The van der Waals surface area contributed by atoms with Crippen LogP contribution in [0.4, 0.5) is 10.1 Å². The van der Waals surface area contributed by atoms with Crippen molar-refractivity contribution >= 4 is 11.6 Å². The van der Waals surface area contributed by atoms with Gasteiger partial charge in [-0.1, -0.05) is 0 Å². The first-order chi connectivity index (χ1) is 10.6. The summed E-state index contributed by atoms with van der Waals surface area (Å²) in [6, 6.07) is 10.6. The molecule has 0 aromatic heterocycles. The minimum absolute atomic E-state index is 0.296. The lowest BCUT2D eigenvalue weighted by atomic mass is 10.2. The molecule has 0 saturated carbocycles. The van der Waals surface area contributed by atoms with Crippen LogP contribution >= 0.6 is 0 Å². The molecular weight excluding hydrogens is 285 g/mol. The molecule has 22 heavy (non-hydrogen) atoms. The number of amides is 1. The Hall–Kier alpha value is -2.56. The average Bonchev–Trinajstić information content (AvgIpc) is 2.51. The van der Waals surface area contributed by atoms with Crippen molar-refractivity contribution in [1.82, 2.24) is 0 Å². The van der Waals surface area contributed by atoms with E-state index in [9.17, 15) is 9.18 Å². The largest absolute Gasteiger partial charge is 0.490 e. The van der Waals surface area contributed by atoms with Gasteiger partial charge in [0.2, 0.25) is 0 Å². The summed E-state index contributed by atoms with van der Waals surface area (Å²) in [6.07, 6.45) is 0. The molecule has 116 valence electrons. The lowest BCUT2D eigenvalue weighted by molar-refractivity contribution is 0.102. The number of carbonyl (C=O) groups excluding carboxylic acids is 1. The van der Waals surface area contributed by atoms with Crippen LogP contribution in [0, 0.1) is 5.82 Å². The van der Waals surface area contributed by atoms with E-state index in [0.29, 0.717) is 36.0 Å². The van der Waals surface area contributed by atoms with Gasteiger partial charge in [-0.25, -0.2) is 4.39 Å². The summed E-state index contributed by atoms with van der Waals surface area (Å²) in [6.45, 7) is 4.73. The van der Waals surface area contributed by atoms with Crippen LogP contribution < -0.4 is 14.8 Å². The molecule has 0 aliphatic rings. The molecule has 1 N–H and O–H groups in total. The number of hydrogen-bond donors (Lipinski definition) is 1. The van der Waals surface area contributed by atoms with Gasteiger partial charge in [-0.3, -0.25) is 4.79 Å². The van der Waals surface area contributed by atoms with Gasteiger partial charge < -0.3 is 14.8 Å². The van der Waals surface area contributed by atoms with Crippen molar-refractivity contribution in [3.63, 3.8) is 0 Å². The fourth-order valence-corrected chi connectivity index (χ4v) is 1.93. The third kappa shape index (κ3) is 3.97. The molecule has 0 spiro atoms. The highest BCUT2D eigenvalue weighted by Gasteiger charge is 2.11. The highest BCUT2D eigenvalue weighted by atomic mass is 19.1. The van der Waals surface area contributed by atoms with Crippen LogP contribution in [0.15, 0.2) is 42.5 Å². The van der Waals surface area contributed by atoms with Gasteiger partial charge in [0, 0.05) is 11.3 Å². The lowest BCUT2D eigenvalue weighted by Crippen LogP contribution is -2.12. The number of halogens is 1. The van der Waals surface area contributed by atoms with Crippen molar-refractivity contribution < 1.29 is 18.7 Å². The molecule has 4 nitrogen and oxygen atoms in total. The molecule has 1 amide bonds. The number of nitrogens with one attached hydrogen (secondary N) is 1. The molecule has 0 heterocycles. The van der Waals surface area contributed by atoms with E-state index in [0.717, 1.165) is 0 Å². The van der Waals surface area contributed by atoms with Crippen LogP contribution in [-0.2, 0) is 0 Å². The monoisotopic (exact) mass is 303 g/mol. The predicted molar refractivity (Wildman–Crippen MR) is 83.1 cm³/mol. The first kappa shape index (κ1) is 15.8. The number of carbonyl (C=O) groups is 1. The maximum absolute atomic E-state index is 12.9. The zero-order valence-electron chi connectivity index (χ0n) is 12.6. The van der Waals surface area contributed by atoms with Crippen LogP contribution in [0.1, 0.15) is 24.2 Å². The third-order valence-corrected chi connectivity index (χ3v) is 2.91. The zero-order chi connectivity index (χ0) is 15.9. The Balaban J connectivity index is 2.18. The van der Waals surface area contributed by atoms with Gasteiger partial charge in [-0.05, 0) is 56.3 Å². The van der Waals surface area contributed by atoms with Crippen molar-refractivity contribution in [3.8, 4) is 11.5 Å². The smallest absolute Gasteiger partial charge is 0.255 e. The maximum Gasteiger partial charge on any atom is 0.255 e. The normalized spacial score (nSPS) is 10.1. The fourth-order valence-electron chi connectivity index (χ4n) is 1.93. The first-order valence-electron chi connectivity index (χ1n) is 7.10. The Kier molecular flexibility index (Phi) is 5.36. The van der Waals surface area contributed by atoms with Crippen LogP contribution in [0.25, 0.3) is 0 Å². The topological polar surface area (TPSA) is 47.6 Å². The third-order valence-electron chi connectivity index (χ3n) is 2.91. The van der Waals surface area contributed by atoms with E-state index in [4.69, 9.17) is 9.47 Å². The second-order valence-corrected chi connectivity index (χ2v) is 4.49. The molecule has 0 bridgehead atoms. The molecule has 0 aliphatic carbocycles. The molecule has 2 aromatic rings. The van der Waals surface area contributed by atoms with Crippen LogP contribution in [0.2, 0.25) is 0 Å². The van der Waals surface area contributed by atoms with E-state index in [-0.39, 0.29) is 11.7 Å². The van der Waals surface area contributed by atoms with E-state index in [1.807, 2.05) is 13.8 Å². The quantitative estimate of drug-likeness (QED) is 0.881. The second-order valence-electron chi connectivity index (χ2n) is 4.49. The van der Waals surface area contributed by atoms with E-state index < -0.39 is 0 Å². The van der Waals surface area contributed by atoms with Crippen molar-refractivity contribution in [2.24, 2.45) is 0 Å². The summed E-state index contributed by atoms with van der Waals surface area (Å²) in [4.78, 5) is 12.2. The Labute approximate surface area is 128 Å². The lowest BCUT2D eigenvalue weighted by Gasteiger charge is -2.12. The maximum atomic E-state index is 12.9. The van der Waals surface area contributed by atoms with Gasteiger partial charge >= 0.3 is 0 Å². The minimum atomic E-state index is -0.349. The highest BCUT2D eigenvalue weighted by molar-refractivity contribution is 6.04.